The molecule has 21 heavy (non-hydrogen) atoms. The van der Waals surface area contributed by atoms with Crippen molar-refractivity contribution in [3.05, 3.63) is 23.8 Å². The molecule has 0 saturated carbocycles. The Morgan fingerprint density at radius 1 is 1.29 bits per heavy atom. The van der Waals surface area contributed by atoms with E-state index in [2.05, 4.69) is 10.6 Å². The minimum Gasteiger partial charge on any atom is -0.508 e. The predicted octanol–water partition coefficient (Wildman–Crippen LogP) is 0.690. The smallest absolute Gasteiger partial charge is 0.337 e. The van der Waals surface area contributed by atoms with Crippen molar-refractivity contribution in [2.75, 3.05) is 25.5 Å². The summed E-state index contributed by atoms with van der Waals surface area (Å²) in [6.07, 6.45) is 0. The molecule has 1 aromatic rings. The Balaban J connectivity index is 2.67. The van der Waals surface area contributed by atoms with E-state index in [-0.39, 0.29) is 29.5 Å². The second-order valence-corrected chi connectivity index (χ2v) is 4.25. The summed E-state index contributed by atoms with van der Waals surface area (Å²) in [5.41, 5.74) is -0.226. The number of likely N-dealkylation sites (N-methyl/N-ethyl adjacent to an activating group) is 1. The maximum Gasteiger partial charge on any atom is 0.337 e. The van der Waals surface area contributed by atoms with Crippen LogP contribution in [0.25, 0.3) is 0 Å². The first-order chi connectivity index (χ1) is 9.85. The molecule has 0 saturated heterocycles. The average molecular weight is 295 g/mol. The first-order valence-electron chi connectivity index (χ1n) is 6.20. The molecular formula is C13H17N3O5. The number of carboxylic acids is 1. The molecule has 0 aliphatic rings. The van der Waals surface area contributed by atoms with Crippen LogP contribution in [-0.2, 0) is 4.79 Å². The Labute approximate surface area is 121 Å². The third kappa shape index (κ3) is 4.68. The van der Waals surface area contributed by atoms with E-state index in [9.17, 15) is 19.5 Å². The summed E-state index contributed by atoms with van der Waals surface area (Å²) in [6.45, 7) is 2.12. The fraction of sp³-hybridized carbons (Fsp3) is 0.308. The zero-order chi connectivity index (χ0) is 16.0. The van der Waals surface area contributed by atoms with Crippen LogP contribution >= 0.6 is 0 Å². The molecule has 1 aromatic carbocycles. The second-order valence-electron chi connectivity index (χ2n) is 4.25. The highest BCUT2D eigenvalue weighted by Crippen LogP contribution is 2.21. The van der Waals surface area contributed by atoms with Crippen LogP contribution in [-0.4, -0.2) is 53.2 Å². The molecule has 3 amide bonds. The number of carbonyl (C=O) groups is 3. The van der Waals surface area contributed by atoms with E-state index in [4.69, 9.17) is 5.11 Å². The summed E-state index contributed by atoms with van der Waals surface area (Å²) >= 11 is 0. The van der Waals surface area contributed by atoms with Crippen molar-refractivity contribution in [3.8, 4) is 5.75 Å². The van der Waals surface area contributed by atoms with Crippen molar-refractivity contribution in [2.45, 2.75) is 6.92 Å². The van der Waals surface area contributed by atoms with Crippen LogP contribution in [0.2, 0.25) is 0 Å². The lowest BCUT2D eigenvalue weighted by Crippen LogP contribution is -2.39. The van der Waals surface area contributed by atoms with Crippen molar-refractivity contribution in [2.24, 2.45) is 0 Å². The first-order valence-corrected chi connectivity index (χ1v) is 6.20. The highest BCUT2D eigenvalue weighted by atomic mass is 16.4. The molecule has 4 N–H and O–H groups in total. The number of rotatable bonds is 5. The van der Waals surface area contributed by atoms with Gasteiger partial charge < -0.3 is 25.7 Å². The molecule has 0 bridgehead atoms. The van der Waals surface area contributed by atoms with Crippen LogP contribution in [0.5, 0.6) is 5.75 Å². The average Bonchev–Trinajstić information content (AvgIpc) is 2.45. The zero-order valence-corrected chi connectivity index (χ0v) is 11.7. The van der Waals surface area contributed by atoms with Gasteiger partial charge in [-0.3, -0.25) is 4.79 Å². The second kappa shape index (κ2) is 7.13. The minimum absolute atomic E-state index is 0.0223. The minimum atomic E-state index is -1.29. The molecule has 0 atom stereocenters. The Morgan fingerprint density at radius 3 is 2.52 bits per heavy atom. The monoisotopic (exact) mass is 295 g/mol. The van der Waals surface area contributed by atoms with E-state index in [0.717, 1.165) is 6.07 Å². The summed E-state index contributed by atoms with van der Waals surface area (Å²) in [6, 6.07) is 2.82. The van der Waals surface area contributed by atoms with Gasteiger partial charge in [-0.1, -0.05) is 0 Å². The van der Waals surface area contributed by atoms with Crippen LogP contribution in [0.4, 0.5) is 10.5 Å². The van der Waals surface area contributed by atoms with Gasteiger partial charge >= 0.3 is 12.0 Å². The number of urea groups is 1. The fourth-order valence-electron chi connectivity index (χ4n) is 1.45. The maximum atomic E-state index is 11.6. The van der Waals surface area contributed by atoms with Crippen LogP contribution in [0.3, 0.4) is 0 Å². The lowest BCUT2D eigenvalue weighted by Gasteiger charge is -2.15. The largest absolute Gasteiger partial charge is 0.508 e. The number of carboxylic acid groups (broad SMARTS) is 1. The number of benzene rings is 1. The van der Waals surface area contributed by atoms with E-state index in [1.165, 1.54) is 17.0 Å². The van der Waals surface area contributed by atoms with E-state index in [1.807, 2.05) is 0 Å². The highest BCUT2D eigenvalue weighted by molar-refractivity contribution is 6.01. The predicted molar refractivity (Wildman–Crippen MR) is 75.4 cm³/mol. The molecule has 0 heterocycles. The number of aromatic carboxylic acids is 1. The Kier molecular flexibility index (Phi) is 5.53. The molecule has 0 spiro atoms. The zero-order valence-electron chi connectivity index (χ0n) is 11.7. The molecule has 8 heteroatoms. The number of nitrogens with zero attached hydrogens (tertiary/aromatic N) is 1. The van der Waals surface area contributed by atoms with Crippen molar-refractivity contribution in [1.29, 1.82) is 0 Å². The molecule has 0 aliphatic carbocycles. The van der Waals surface area contributed by atoms with Gasteiger partial charge in [-0.2, -0.15) is 0 Å². The lowest BCUT2D eigenvalue weighted by molar-refractivity contribution is -0.128. The quantitative estimate of drug-likeness (QED) is 0.596. The van der Waals surface area contributed by atoms with Gasteiger partial charge in [0.25, 0.3) is 0 Å². The molecular weight excluding hydrogens is 278 g/mol. The SMILES string of the molecule is CCN(C)C(=O)CNC(=O)Nc1ccc(O)cc1C(=O)O. The van der Waals surface area contributed by atoms with Gasteiger partial charge in [0.05, 0.1) is 17.8 Å². The molecule has 0 aliphatic heterocycles. The topological polar surface area (TPSA) is 119 Å². The number of hydrogen-bond acceptors (Lipinski definition) is 4. The lowest BCUT2D eigenvalue weighted by atomic mass is 10.1. The summed E-state index contributed by atoms with van der Waals surface area (Å²) in [7, 11) is 1.60. The molecule has 0 radical (unpaired) electrons. The molecule has 0 aromatic heterocycles. The van der Waals surface area contributed by atoms with Gasteiger partial charge in [0.1, 0.15) is 5.75 Å². The van der Waals surface area contributed by atoms with Gasteiger partial charge in [-0.25, -0.2) is 9.59 Å². The molecule has 1 rings (SSSR count). The third-order valence-corrected chi connectivity index (χ3v) is 2.78. The van der Waals surface area contributed by atoms with Crippen molar-refractivity contribution in [3.63, 3.8) is 0 Å². The van der Waals surface area contributed by atoms with Gasteiger partial charge in [-0.05, 0) is 25.1 Å². The molecule has 8 nitrogen and oxygen atoms in total. The van der Waals surface area contributed by atoms with Crippen molar-refractivity contribution >= 4 is 23.6 Å². The Bertz CT molecular complexity index is 559. The Morgan fingerprint density at radius 2 is 1.95 bits per heavy atom. The van der Waals surface area contributed by atoms with E-state index in [1.54, 1.807) is 14.0 Å². The van der Waals surface area contributed by atoms with Gasteiger partial charge in [0, 0.05) is 13.6 Å². The van der Waals surface area contributed by atoms with Gasteiger partial charge in [0.15, 0.2) is 0 Å². The van der Waals surface area contributed by atoms with Crippen LogP contribution in [0.15, 0.2) is 18.2 Å². The summed E-state index contributed by atoms with van der Waals surface area (Å²) < 4.78 is 0. The molecule has 114 valence electrons. The normalized spacial score (nSPS) is 9.81. The number of hydrogen-bond donors (Lipinski definition) is 4. The standard InChI is InChI=1S/C13H17N3O5/c1-3-16(2)11(18)7-14-13(21)15-10-5-4-8(17)6-9(10)12(19)20/h4-6,17H,3,7H2,1-2H3,(H,19,20)(H2,14,15,21). The van der Waals surface area contributed by atoms with E-state index >= 15 is 0 Å². The number of phenols is 1. The first kappa shape index (κ1) is 16.3. The fourth-order valence-corrected chi connectivity index (χ4v) is 1.45. The highest BCUT2D eigenvalue weighted by Gasteiger charge is 2.14. The van der Waals surface area contributed by atoms with E-state index in [0.29, 0.717) is 6.54 Å². The van der Waals surface area contributed by atoms with Crippen LogP contribution < -0.4 is 10.6 Å². The number of anilines is 1. The number of phenolic OH excluding ortho intramolecular Hbond substituents is 1. The molecule has 0 fully saturated rings. The summed E-state index contributed by atoms with van der Waals surface area (Å²) in [5.74, 6) is -1.78. The summed E-state index contributed by atoms with van der Waals surface area (Å²) in [5, 5.41) is 22.9. The van der Waals surface area contributed by atoms with E-state index < -0.39 is 12.0 Å². The maximum absolute atomic E-state index is 11.6. The number of aromatic hydroxyl groups is 1. The summed E-state index contributed by atoms with van der Waals surface area (Å²) in [4.78, 5) is 35.6. The number of nitrogens with one attached hydrogen (secondary N) is 2. The molecule has 0 unspecified atom stereocenters. The van der Waals surface area contributed by atoms with Crippen LogP contribution in [0, 0.1) is 0 Å². The van der Waals surface area contributed by atoms with Crippen LogP contribution in [0.1, 0.15) is 17.3 Å². The Hall–Kier alpha value is -2.77. The third-order valence-electron chi connectivity index (χ3n) is 2.78. The van der Waals surface area contributed by atoms with Gasteiger partial charge in [0.2, 0.25) is 5.91 Å². The van der Waals surface area contributed by atoms with Gasteiger partial charge in [-0.15, -0.1) is 0 Å². The number of amides is 3. The van der Waals surface area contributed by atoms with Crippen molar-refractivity contribution in [1.82, 2.24) is 10.2 Å². The number of carbonyl (C=O) groups excluding carboxylic acids is 2. The van der Waals surface area contributed by atoms with Crippen molar-refractivity contribution < 1.29 is 24.6 Å².